The van der Waals surface area contributed by atoms with Gasteiger partial charge in [-0.05, 0) is 49.0 Å². The zero-order valence-corrected chi connectivity index (χ0v) is 10.9. The van der Waals surface area contributed by atoms with Crippen LogP contribution in [0.5, 0.6) is 0 Å². The number of nitrogens with one attached hydrogen (secondary N) is 1. The van der Waals surface area contributed by atoms with E-state index >= 15 is 0 Å². The number of piperidine rings is 1. The number of allylic oxidation sites excluding steroid dienone is 1. The van der Waals surface area contributed by atoms with Gasteiger partial charge in [0.25, 0.3) is 0 Å². The van der Waals surface area contributed by atoms with E-state index < -0.39 is 0 Å². The van der Waals surface area contributed by atoms with E-state index in [2.05, 4.69) is 29.6 Å². The van der Waals surface area contributed by atoms with Gasteiger partial charge in [0.05, 0.1) is 5.57 Å². The second-order valence-electron chi connectivity index (χ2n) is 4.49. The van der Waals surface area contributed by atoms with Gasteiger partial charge in [0.2, 0.25) is 0 Å². The molecule has 1 aromatic heterocycles. The van der Waals surface area contributed by atoms with Crippen molar-refractivity contribution < 1.29 is 0 Å². The first-order valence-electron chi connectivity index (χ1n) is 6.20. The Morgan fingerprint density at radius 2 is 2.00 bits per heavy atom. The Kier molecular flexibility index (Phi) is 3.14. The molecule has 0 saturated carbocycles. The SMILES string of the molecule is N#CC(=C1CCNCC1)c1cc2ccccc2s1. The fourth-order valence-corrected chi connectivity index (χ4v) is 3.50. The summed E-state index contributed by atoms with van der Waals surface area (Å²) in [5, 5.41) is 14.0. The second-order valence-corrected chi connectivity index (χ2v) is 5.57. The van der Waals surface area contributed by atoms with Gasteiger partial charge in [0, 0.05) is 9.58 Å². The molecule has 1 saturated heterocycles. The number of benzene rings is 1. The predicted octanol–water partition coefficient (Wildman–Crippen LogP) is 3.56. The van der Waals surface area contributed by atoms with Crippen molar-refractivity contribution in [2.75, 3.05) is 13.1 Å². The summed E-state index contributed by atoms with van der Waals surface area (Å²) >= 11 is 1.72. The van der Waals surface area contributed by atoms with Crippen LogP contribution in [-0.4, -0.2) is 13.1 Å². The molecule has 1 aliphatic heterocycles. The van der Waals surface area contributed by atoms with Gasteiger partial charge in [-0.2, -0.15) is 5.26 Å². The number of thiophene rings is 1. The highest BCUT2D eigenvalue weighted by molar-refractivity contribution is 7.20. The van der Waals surface area contributed by atoms with Crippen LogP contribution in [0.25, 0.3) is 15.7 Å². The van der Waals surface area contributed by atoms with Crippen LogP contribution in [0.15, 0.2) is 35.9 Å². The van der Waals surface area contributed by atoms with Crippen LogP contribution in [-0.2, 0) is 0 Å². The fraction of sp³-hybridized carbons (Fsp3) is 0.267. The van der Waals surface area contributed by atoms with E-state index in [1.165, 1.54) is 15.7 Å². The highest BCUT2D eigenvalue weighted by atomic mass is 32.1. The smallest absolute Gasteiger partial charge is 0.101 e. The molecule has 2 aromatic rings. The van der Waals surface area contributed by atoms with Gasteiger partial charge in [-0.1, -0.05) is 18.2 Å². The topological polar surface area (TPSA) is 35.8 Å². The molecular formula is C15H14N2S. The van der Waals surface area contributed by atoms with E-state index in [1.54, 1.807) is 11.3 Å². The van der Waals surface area contributed by atoms with Gasteiger partial charge in [0.1, 0.15) is 6.07 Å². The minimum absolute atomic E-state index is 0.901. The number of nitrogens with zero attached hydrogens (tertiary/aromatic N) is 1. The van der Waals surface area contributed by atoms with Crippen LogP contribution in [0.2, 0.25) is 0 Å². The molecule has 0 unspecified atom stereocenters. The normalized spacial score (nSPS) is 15.6. The van der Waals surface area contributed by atoms with Crippen LogP contribution in [0.1, 0.15) is 17.7 Å². The number of fused-ring (bicyclic) bond motifs is 1. The Morgan fingerprint density at radius 1 is 1.22 bits per heavy atom. The van der Waals surface area contributed by atoms with Crippen molar-refractivity contribution in [3.8, 4) is 6.07 Å². The van der Waals surface area contributed by atoms with Gasteiger partial charge in [-0.15, -0.1) is 11.3 Å². The molecule has 2 heterocycles. The molecule has 0 spiro atoms. The number of hydrogen-bond donors (Lipinski definition) is 1. The summed E-state index contributed by atoms with van der Waals surface area (Å²) in [7, 11) is 0. The largest absolute Gasteiger partial charge is 0.316 e. The van der Waals surface area contributed by atoms with Crippen LogP contribution < -0.4 is 5.32 Å². The summed E-state index contributed by atoms with van der Waals surface area (Å²) in [4.78, 5) is 1.12. The highest BCUT2D eigenvalue weighted by Crippen LogP contribution is 2.33. The second kappa shape index (κ2) is 4.93. The zero-order chi connectivity index (χ0) is 12.4. The molecule has 1 aromatic carbocycles. The van der Waals surface area contributed by atoms with Gasteiger partial charge < -0.3 is 5.32 Å². The average Bonchev–Trinajstić information content (AvgIpc) is 2.84. The Balaban J connectivity index is 2.08. The maximum absolute atomic E-state index is 9.44. The Hall–Kier alpha value is -1.63. The molecule has 18 heavy (non-hydrogen) atoms. The van der Waals surface area contributed by atoms with Crippen molar-refractivity contribution in [2.45, 2.75) is 12.8 Å². The summed E-state index contributed by atoms with van der Waals surface area (Å²) in [5.74, 6) is 0. The molecule has 0 atom stereocenters. The van der Waals surface area contributed by atoms with Gasteiger partial charge in [0.15, 0.2) is 0 Å². The van der Waals surface area contributed by atoms with Crippen molar-refractivity contribution in [3.05, 3.63) is 40.8 Å². The van der Waals surface area contributed by atoms with E-state index in [4.69, 9.17) is 0 Å². The quantitative estimate of drug-likeness (QED) is 0.790. The van der Waals surface area contributed by atoms with Crippen molar-refractivity contribution in [1.82, 2.24) is 5.32 Å². The molecule has 2 nitrogen and oxygen atoms in total. The first-order valence-corrected chi connectivity index (χ1v) is 7.02. The lowest BCUT2D eigenvalue weighted by atomic mass is 9.98. The lowest BCUT2D eigenvalue weighted by Crippen LogP contribution is -2.23. The van der Waals surface area contributed by atoms with Gasteiger partial charge >= 0.3 is 0 Å². The molecule has 3 rings (SSSR count). The van der Waals surface area contributed by atoms with E-state index in [1.807, 2.05) is 12.1 Å². The Morgan fingerprint density at radius 3 is 2.72 bits per heavy atom. The molecule has 3 heteroatoms. The van der Waals surface area contributed by atoms with Crippen molar-refractivity contribution in [2.24, 2.45) is 0 Å². The van der Waals surface area contributed by atoms with Gasteiger partial charge in [-0.3, -0.25) is 0 Å². The lowest BCUT2D eigenvalue weighted by Gasteiger charge is -2.16. The van der Waals surface area contributed by atoms with Gasteiger partial charge in [-0.25, -0.2) is 0 Å². The van der Waals surface area contributed by atoms with E-state index in [0.29, 0.717) is 0 Å². The fourth-order valence-electron chi connectivity index (χ4n) is 2.39. The lowest BCUT2D eigenvalue weighted by molar-refractivity contribution is 0.612. The molecule has 90 valence electrons. The molecule has 1 N–H and O–H groups in total. The van der Waals surface area contributed by atoms with E-state index in [0.717, 1.165) is 36.4 Å². The standard InChI is InChI=1S/C15H14N2S/c16-10-13(11-5-7-17-8-6-11)15-9-12-3-1-2-4-14(12)18-15/h1-4,9,17H,5-8H2. The minimum atomic E-state index is 0.901. The Bertz CT molecular complexity index is 605. The summed E-state index contributed by atoms with van der Waals surface area (Å²) < 4.78 is 1.26. The molecule has 0 amide bonds. The molecule has 0 radical (unpaired) electrons. The van der Waals surface area contributed by atoms with E-state index in [9.17, 15) is 5.26 Å². The van der Waals surface area contributed by atoms with Crippen LogP contribution in [0.4, 0.5) is 0 Å². The maximum Gasteiger partial charge on any atom is 0.101 e. The molecule has 0 bridgehead atoms. The number of rotatable bonds is 1. The molecule has 0 aliphatic carbocycles. The summed E-state index contributed by atoms with van der Waals surface area (Å²) in [6.45, 7) is 1.98. The number of nitriles is 1. The third-order valence-corrected chi connectivity index (χ3v) is 4.48. The third-order valence-electron chi connectivity index (χ3n) is 3.34. The molecule has 1 aliphatic rings. The Labute approximate surface area is 111 Å². The van der Waals surface area contributed by atoms with Crippen LogP contribution in [0, 0.1) is 11.3 Å². The third kappa shape index (κ3) is 2.05. The summed E-state index contributed by atoms with van der Waals surface area (Å²) in [6.07, 6.45) is 1.99. The highest BCUT2D eigenvalue weighted by Gasteiger charge is 2.14. The minimum Gasteiger partial charge on any atom is -0.316 e. The monoisotopic (exact) mass is 254 g/mol. The number of hydrogen-bond acceptors (Lipinski definition) is 3. The summed E-state index contributed by atoms with van der Waals surface area (Å²) in [6, 6.07) is 12.9. The van der Waals surface area contributed by atoms with Crippen LogP contribution in [0.3, 0.4) is 0 Å². The molecule has 1 fully saturated rings. The van der Waals surface area contributed by atoms with Crippen LogP contribution >= 0.6 is 11.3 Å². The first kappa shape index (κ1) is 11.5. The van der Waals surface area contributed by atoms with Crippen molar-refractivity contribution in [3.63, 3.8) is 0 Å². The first-order chi connectivity index (χ1) is 8.88. The summed E-state index contributed by atoms with van der Waals surface area (Å²) in [5.41, 5.74) is 2.21. The molecular weight excluding hydrogens is 240 g/mol. The zero-order valence-electron chi connectivity index (χ0n) is 10.1. The average molecular weight is 254 g/mol. The van der Waals surface area contributed by atoms with Crippen molar-refractivity contribution in [1.29, 1.82) is 5.26 Å². The maximum atomic E-state index is 9.44. The predicted molar refractivity (Wildman–Crippen MR) is 76.5 cm³/mol. The van der Waals surface area contributed by atoms with Crippen molar-refractivity contribution >= 4 is 27.0 Å². The van der Waals surface area contributed by atoms with E-state index in [-0.39, 0.29) is 0 Å².